The summed E-state index contributed by atoms with van der Waals surface area (Å²) in [5.41, 5.74) is 36.2. The number of nitrogens with zero attached hydrogens (tertiary/aromatic N) is 11. The lowest BCUT2D eigenvalue weighted by Gasteiger charge is -2.19. The molecule has 11 nitrogen and oxygen atoms in total. The second kappa shape index (κ2) is 36.5. The molecule has 19 aromatic carbocycles. The highest BCUT2D eigenvalue weighted by molar-refractivity contribution is 6.27. The lowest BCUT2D eigenvalue weighted by atomic mass is 9.87. The standard InChI is InChI=1S/C53H35N3.C44H34N4.C40H26N4/c1-6-16-36(17-7-1)40-26-30-50-46(32-40)44-28-29-45-47-33-41(37-18-8-2-9-19-37)27-31-51(47)56(53(45)52(44)55(50)42-24-14-5-15-25-42)43-34-48(38-20-10-3-11-21-38)54-49(35-43)39-22-12-4-13-23-39;1-44(2,3)31-22-24-32(25-23-31)47-39-20-12-10-18-33(39)35-26-27-36-34-19-11-13-21-40(34)48(42(36)41(35)47)43-45-37(29-14-6-4-7-15-29)28-38(46-43)30-16-8-5-9-17-30;1-3-13-27(14-4-1)34-25-29(26-35(42-34)28-15-5-2-6-16-28)43-36-19-9-7-17-30(36)32-22-23-33-31-18-8-10-20-37(31)44(40(33)39(32)43)38-21-11-12-24-41-38/h1-35H;4-28H,1-3H3;1-26H. The first kappa shape index (κ1) is 87.5. The van der Waals surface area contributed by atoms with E-state index in [0.717, 1.165) is 146 Å². The molecular formula is C137H95N11. The fourth-order valence-electron chi connectivity index (χ4n) is 22.3. The van der Waals surface area contributed by atoms with Gasteiger partial charge in [-0.2, -0.15) is 0 Å². The minimum absolute atomic E-state index is 0.0661. The zero-order valence-corrected chi connectivity index (χ0v) is 81.6. The van der Waals surface area contributed by atoms with Gasteiger partial charge in [-0.25, -0.2) is 24.9 Å². The molecule has 0 fully saturated rings. The number of hydrogen-bond acceptors (Lipinski definition) is 5. The van der Waals surface area contributed by atoms with Crippen LogP contribution in [0.1, 0.15) is 26.3 Å². The average molecular weight is 1900 g/mol. The number of aromatic nitrogens is 11. The molecule has 10 aromatic heterocycles. The summed E-state index contributed by atoms with van der Waals surface area (Å²) in [4.78, 5) is 25.9. The van der Waals surface area contributed by atoms with E-state index in [1.165, 1.54) is 109 Å². The van der Waals surface area contributed by atoms with Gasteiger partial charge in [0, 0.05) is 116 Å². The first-order valence-electron chi connectivity index (χ1n) is 50.5. The normalized spacial score (nSPS) is 11.8. The van der Waals surface area contributed by atoms with E-state index in [-0.39, 0.29) is 5.41 Å². The van der Waals surface area contributed by atoms with Crippen LogP contribution in [0.25, 0.3) is 255 Å². The van der Waals surface area contributed by atoms with Crippen molar-refractivity contribution in [2.45, 2.75) is 26.2 Å². The van der Waals surface area contributed by atoms with Gasteiger partial charge in [-0.1, -0.05) is 421 Å². The number of hydrogen-bond donors (Lipinski definition) is 0. The Balaban J connectivity index is 0.000000110. The van der Waals surface area contributed by atoms with E-state index in [1.807, 2.05) is 36.5 Å². The van der Waals surface area contributed by atoms with Gasteiger partial charge in [0.2, 0.25) is 5.95 Å². The van der Waals surface area contributed by atoms with E-state index < -0.39 is 0 Å². The molecule has 0 saturated carbocycles. The summed E-state index contributed by atoms with van der Waals surface area (Å²) >= 11 is 0. The minimum atomic E-state index is 0.0661. The van der Waals surface area contributed by atoms with E-state index in [4.69, 9.17) is 24.9 Å². The second-order valence-corrected chi connectivity index (χ2v) is 39.0. The maximum Gasteiger partial charge on any atom is 0.235 e. The Labute approximate surface area is 855 Å². The van der Waals surface area contributed by atoms with Gasteiger partial charge in [-0.15, -0.1) is 0 Å². The molecule has 29 aromatic rings. The molecule has 29 rings (SSSR count). The Morgan fingerprint density at radius 1 is 0.162 bits per heavy atom. The lowest BCUT2D eigenvalue weighted by molar-refractivity contribution is 0.590. The molecule has 0 unspecified atom stereocenters. The van der Waals surface area contributed by atoms with Gasteiger partial charge < -0.3 is 18.3 Å². The van der Waals surface area contributed by atoms with Crippen molar-refractivity contribution in [3.05, 3.63) is 527 Å². The van der Waals surface area contributed by atoms with Crippen LogP contribution in [0.15, 0.2) is 522 Å². The molecule has 0 bridgehead atoms. The third-order valence-electron chi connectivity index (χ3n) is 29.2. The van der Waals surface area contributed by atoms with Crippen molar-refractivity contribution >= 4 is 131 Å². The number of rotatable bonds is 14. The molecule has 0 saturated heterocycles. The van der Waals surface area contributed by atoms with Crippen molar-refractivity contribution in [1.29, 1.82) is 0 Å². The number of pyridine rings is 3. The predicted octanol–water partition coefficient (Wildman–Crippen LogP) is 35.3. The fourth-order valence-corrected chi connectivity index (χ4v) is 22.3. The SMILES string of the molecule is CC(C)(C)c1ccc(-n2c3ccccc3c3ccc4c5ccccc5n(-c5nc(-c6ccccc6)cc(-c6ccccc6)n5)c4c32)cc1.c1ccc(-c2cc(-n3c4ccccc4c4ccc5c6ccccc6n(-c6ccccn6)c5c43)cc(-c3ccccc3)n2)cc1.c1ccc(-c2ccc3c(c2)c2ccc4c5cc(-c6ccccc6)ccc5n(-c5cc(-c6ccccc6)nc(-c6ccccc6)c5)c4c2n3-c2ccccc2)cc1. The molecule has 0 radical (unpaired) electrons. The largest absolute Gasteiger partial charge is 0.307 e. The highest BCUT2D eigenvalue weighted by Gasteiger charge is 2.30. The fraction of sp³-hybridized carbons (Fsp3) is 0.0292. The molecule has 698 valence electrons. The summed E-state index contributed by atoms with van der Waals surface area (Å²) in [7, 11) is 0. The van der Waals surface area contributed by atoms with Gasteiger partial charge in [0.15, 0.2) is 0 Å². The average Bonchev–Trinajstić information content (AvgIpc) is 1.55. The van der Waals surface area contributed by atoms with Crippen LogP contribution in [-0.2, 0) is 5.41 Å². The van der Waals surface area contributed by atoms with E-state index in [1.54, 1.807) is 0 Å². The smallest absolute Gasteiger partial charge is 0.235 e. The molecule has 148 heavy (non-hydrogen) atoms. The molecule has 0 atom stereocenters. The molecule has 0 aliphatic rings. The van der Waals surface area contributed by atoms with Crippen LogP contribution in [0.5, 0.6) is 0 Å². The highest BCUT2D eigenvalue weighted by Crippen LogP contribution is 2.49. The van der Waals surface area contributed by atoms with Crippen molar-refractivity contribution in [2.24, 2.45) is 0 Å². The van der Waals surface area contributed by atoms with Gasteiger partial charge >= 0.3 is 0 Å². The van der Waals surface area contributed by atoms with Crippen LogP contribution in [0.2, 0.25) is 0 Å². The molecule has 0 amide bonds. The minimum Gasteiger partial charge on any atom is -0.307 e. The summed E-state index contributed by atoms with van der Waals surface area (Å²) in [5, 5.41) is 14.4. The van der Waals surface area contributed by atoms with E-state index in [0.29, 0.717) is 5.95 Å². The lowest BCUT2D eigenvalue weighted by Crippen LogP contribution is -2.10. The predicted molar refractivity (Wildman–Crippen MR) is 617 cm³/mol. The highest BCUT2D eigenvalue weighted by atomic mass is 15.2. The zero-order chi connectivity index (χ0) is 98.4. The maximum absolute atomic E-state index is 5.32. The Bertz CT molecular complexity index is 9960. The summed E-state index contributed by atoms with van der Waals surface area (Å²) in [6.07, 6.45) is 1.87. The van der Waals surface area contributed by atoms with Gasteiger partial charge in [0.25, 0.3) is 0 Å². The monoisotopic (exact) mass is 1890 g/mol. The van der Waals surface area contributed by atoms with Crippen LogP contribution in [0.3, 0.4) is 0 Å². The zero-order valence-electron chi connectivity index (χ0n) is 81.6. The van der Waals surface area contributed by atoms with Crippen LogP contribution in [0.4, 0.5) is 0 Å². The number of fused-ring (bicyclic) bond motifs is 21. The van der Waals surface area contributed by atoms with Crippen LogP contribution in [-0.4, -0.2) is 52.3 Å². The van der Waals surface area contributed by atoms with Crippen LogP contribution < -0.4 is 0 Å². The Morgan fingerprint density at radius 3 is 0.750 bits per heavy atom. The molecule has 0 aliphatic carbocycles. The van der Waals surface area contributed by atoms with Gasteiger partial charge in [0.1, 0.15) is 5.82 Å². The third kappa shape index (κ3) is 15.2. The number of benzene rings is 19. The van der Waals surface area contributed by atoms with Crippen molar-refractivity contribution < 1.29 is 0 Å². The summed E-state index contributed by atoms with van der Waals surface area (Å²) in [6.45, 7) is 6.78. The summed E-state index contributed by atoms with van der Waals surface area (Å²) in [5.74, 6) is 1.54. The summed E-state index contributed by atoms with van der Waals surface area (Å²) < 4.78 is 14.4. The molecular weight excluding hydrogens is 1800 g/mol. The first-order chi connectivity index (χ1) is 73.1. The third-order valence-corrected chi connectivity index (χ3v) is 29.2. The Hall–Kier alpha value is -19.5. The molecule has 0 N–H and O–H groups in total. The van der Waals surface area contributed by atoms with Crippen molar-refractivity contribution in [3.8, 4) is 124 Å². The molecule has 0 aliphatic heterocycles. The molecule has 11 heteroatoms. The van der Waals surface area contributed by atoms with Crippen LogP contribution in [0, 0.1) is 0 Å². The van der Waals surface area contributed by atoms with Crippen molar-refractivity contribution in [3.63, 3.8) is 0 Å². The number of para-hydroxylation sites is 5. The van der Waals surface area contributed by atoms with Crippen molar-refractivity contribution in [2.75, 3.05) is 0 Å². The topological polar surface area (TPSA) is 94.0 Å². The van der Waals surface area contributed by atoms with E-state index in [9.17, 15) is 0 Å². The summed E-state index contributed by atoms with van der Waals surface area (Å²) in [6, 6.07) is 183. The quantitative estimate of drug-likeness (QED) is 0.108. The second-order valence-electron chi connectivity index (χ2n) is 39.0. The van der Waals surface area contributed by atoms with Crippen molar-refractivity contribution in [1.82, 2.24) is 52.3 Å². The molecule has 10 heterocycles. The Morgan fingerprint density at radius 2 is 0.419 bits per heavy atom. The first-order valence-corrected chi connectivity index (χ1v) is 50.5. The van der Waals surface area contributed by atoms with E-state index >= 15 is 0 Å². The maximum atomic E-state index is 5.32. The van der Waals surface area contributed by atoms with E-state index in [2.05, 4.69) is 533 Å². The van der Waals surface area contributed by atoms with Gasteiger partial charge in [-0.3, -0.25) is 9.13 Å². The Kier molecular flexibility index (Phi) is 21.6. The van der Waals surface area contributed by atoms with Gasteiger partial charge in [-0.05, 0) is 148 Å². The van der Waals surface area contributed by atoms with Crippen LogP contribution >= 0.6 is 0 Å². The molecule has 0 spiro atoms. The van der Waals surface area contributed by atoms with Gasteiger partial charge in [0.05, 0.1) is 112 Å².